The average Bonchev–Trinajstić information content (AvgIpc) is 2.62. The van der Waals surface area contributed by atoms with Gasteiger partial charge in [0.2, 0.25) is 5.91 Å². The molecule has 0 aromatic heterocycles. The molecule has 1 unspecified atom stereocenters. The molecule has 4 amide bonds. The highest BCUT2D eigenvalue weighted by Crippen LogP contribution is 2.16. The molecule has 25 heavy (non-hydrogen) atoms. The van der Waals surface area contributed by atoms with E-state index in [2.05, 4.69) is 16.0 Å². The number of likely N-dealkylation sites (N-methyl/N-ethyl adjacent to an activating group) is 1. The number of amides is 4. The molecule has 2 rings (SSSR count). The number of urea groups is 1. The van der Waals surface area contributed by atoms with Gasteiger partial charge in [-0.3, -0.25) is 4.79 Å². The Bertz CT molecular complexity index is 635. The number of rotatable bonds is 4. The van der Waals surface area contributed by atoms with Gasteiger partial charge >= 0.3 is 12.1 Å². The normalized spacial score (nSPS) is 16.7. The van der Waals surface area contributed by atoms with Gasteiger partial charge in [0, 0.05) is 31.9 Å². The Hall–Kier alpha value is -2.77. The molecule has 1 fully saturated rings. The summed E-state index contributed by atoms with van der Waals surface area (Å²) in [6, 6.07) is 6.66. The number of nitrogens with zero attached hydrogens (tertiary/aromatic N) is 1. The molecule has 1 atom stereocenters. The fourth-order valence-corrected chi connectivity index (χ4v) is 2.79. The summed E-state index contributed by atoms with van der Waals surface area (Å²) in [6.45, 7) is 1.04. The first-order chi connectivity index (χ1) is 12.0. The molecule has 1 aliphatic rings. The van der Waals surface area contributed by atoms with Gasteiger partial charge in [-0.2, -0.15) is 0 Å². The molecule has 0 aliphatic carbocycles. The zero-order chi connectivity index (χ0) is 18.2. The van der Waals surface area contributed by atoms with Gasteiger partial charge in [0.05, 0.1) is 13.5 Å². The first kappa shape index (κ1) is 18.6. The van der Waals surface area contributed by atoms with Crippen molar-refractivity contribution in [1.29, 1.82) is 0 Å². The first-order valence-corrected chi connectivity index (χ1v) is 8.22. The number of benzene rings is 1. The van der Waals surface area contributed by atoms with Crippen molar-refractivity contribution in [2.75, 3.05) is 32.6 Å². The minimum atomic E-state index is -0.386. The number of ether oxygens (including phenoxy) is 1. The van der Waals surface area contributed by atoms with Crippen LogP contribution in [0.25, 0.3) is 0 Å². The Balaban J connectivity index is 1.94. The van der Waals surface area contributed by atoms with Crippen LogP contribution in [0.1, 0.15) is 18.4 Å². The number of para-hydroxylation sites is 1. The molecule has 1 aromatic carbocycles. The van der Waals surface area contributed by atoms with E-state index in [1.807, 2.05) is 6.07 Å². The molecule has 3 N–H and O–H groups in total. The van der Waals surface area contributed by atoms with E-state index in [0.717, 1.165) is 18.4 Å². The fraction of sp³-hybridized carbons (Fsp3) is 0.471. The van der Waals surface area contributed by atoms with Crippen molar-refractivity contribution < 1.29 is 19.1 Å². The van der Waals surface area contributed by atoms with Crippen LogP contribution in [0.3, 0.4) is 0 Å². The number of hydrogen-bond acceptors (Lipinski definition) is 4. The summed E-state index contributed by atoms with van der Waals surface area (Å²) < 4.78 is 4.72. The lowest BCUT2D eigenvalue weighted by Crippen LogP contribution is -2.50. The van der Waals surface area contributed by atoms with Crippen LogP contribution >= 0.6 is 0 Å². The van der Waals surface area contributed by atoms with Crippen LogP contribution in [0.4, 0.5) is 15.3 Å². The first-order valence-electron chi connectivity index (χ1n) is 8.22. The molecule has 0 radical (unpaired) electrons. The molecular weight excluding hydrogens is 324 g/mol. The van der Waals surface area contributed by atoms with Crippen molar-refractivity contribution in [3.8, 4) is 0 Å². The van der Waals surface area contributed by atoms with E-state index in [9.17, 15) is 14.4 Å². The number of methoxy groups -OCH3 is 1. The summed E-state index contributed by atoms with van der Waals surface area (Å²) in [5.74, 6) is -0.129. The summed E-state index contributed by atoms with van der Waals surface area (Å²) in [4.78, 5) is 37.0. The van der Waals surface area contributed by atoms with Gasteiger partial charge in [-0.25, -0.2) is 9.59 Å². The number of piperidine rings is 1. The Kier molecular flexibility index (Phi) is 6.62. The van der Waals surface area contributed by atoms with Gasteiger partial charge in [0.1, 0.15) is 0 Å². The molecule has 1 aromatic rings. The molecule has 0 bridgehead atoms. The van der Waals surface area contributed by atoms with Gasteiger partial charge < -0.3 is 25.6 Å². The zero-order valence-corrected chi connectivity index (χ0v) is 14.5. The van der Waals surface area contributed by atoms with E-state index in [4.69, 9.17) is 4.74 Å². The third-order valence-corrected chi connectivity index (χ3v) is 4.08. The van der Waals surface area contributed by atoms with E-state index in [-0.39, 0.29) is 30.5 Å². The third kappa shape index (κ3) is 5.37. The average molecular weight is 348 g/mol. The second-order valence-electron chi connectivity index (χ2n) is 5.86. The van der Waals surface area contributed by atoms with Crippen LogP contribution in [0, 0.1) is 0 Å². The van der Waals surface area contributed by atoms with Crippen LogP contribution in [0.5, 0.6) is 0 Å². The van der Waals surface area contributed by atoms with E-state index < -0.39 is 0 Å². The van der Waals surface area contributed by atoms with Crippen LogP contribution < -0.4 is 16.0 Å². The SMILES string of the molecule is CNC(=O)Cc1ccccc1NC(=O)NC1CCCN(C(=O)OC)C1. The quantitative estimate of drug-likeness (QED) is 0.764. The summed E-state index contributed by atoms with van der Waals surface area (Å²) in [7, 11) is 2.91. The summed E-state index contributed by atoms with van der Waals surface area (Å²) in [6.07, 6.45) is 1.39. The van der Waals surface area contributed by atoms with Gasteiger partial charge in [0.25, 0.3) is 0 Å². The number of carbonyl (C=O) groups excluding carboxylic acids is 3. The monoisotopic (exact) mass is 348 g/mol. The van der Waals surface area contributed by atoms with Gasteiger partial charge in [-0.05, 0) is 24.5 Å². The maximum atomic E-state index is 12.3. The highest BCUT2D eigenvalue weighted by Gasteiger charge is 2.25. The Morgan fingerprint density at radius 1 is 1.28 bits per heavy atom. The van der Waals surface area contributed by atoms with Crippen molar-refractivity contribution in [1.82, 2.24) is 15.5 Å². The maximum Gasteiger partial charge on any atom is 0.409 e. The molecule has 8 nitrogen and oxygen atoms in total. The number of hydrogen-bond donors (Lipinski definition) is 3. The van der Waals surface area contributed by atoms with Crippen molar-refractivity contribution in [2.45, 2.75) is 25.3 Å². The van der Waals surface area contributed by atoms with E-state index in [1.165, 1.54) is 7.11 Å². The summed E-state index contributed by atoms with van der Waals surface area (Å²) in [5.41, 5.74) is 1.32. The van der Waals surface area contributed by atoms with Gasteiger partial charge in [-0.1, -0.05) is 18.2 Å². The van der Waals surface area contributed by atoms with Crippen LogP contribution in [-0.4, -0.2) is 56.2 Å². The molecule has 1 saturated heterocycles. The topological polar surface area (TPSA) is 99.8 Å². The van der Waals surface area contributed by atoms with E-state index in [0.29, 0.717) is 18.8 Å². The smallest absolute Gasteiger partial charge is 0.409 e. The molecule has 136 valence electrons. The Morgan fingerprint density at radius 2 is 2.04 bits per heavy atom. The lowest BCUT2D eigenvalue weighted by molar-refractivity contribution is -0.119. The minimum Gasteiger partial charge on any atom is -0.453 e. The Labute approximate surface area is 146 Å². The number of likely N-dealkylation sites (tertiary alicyclic amines) is 1. The minimum absolute atomic E-state index is 0.129. The molecular formula is C17H24N4O4. The maximum absolute atomic E-state index is 12.3. The second kappa shape index (κ2) is 8.91. The lowest BCUT2D eigenvalue weighted by Gasteiger charge is -2.32. The zero-order valence-electron chi connectivity index (χ0n) is 14.5. The summed E-state index contributed by atoms with van der Waals surface area (Å²) >= 11 is 0. The van der Waals surface area contributed by atoms with Gasteiger partial charge in [0.15, 0.2) is 0 Å². The molecule has 8 heteroatoms. The van der Waals surface area contributed by atoms with Crippen LogP contribution in [0.2, 0.25) is 0 Å². The van der Waals surface area contributed by atoms with E-state index in [1.54, 1.807) is 30.1 Å². The van der Waals surface area contributed by atoms with Crippen LogP contribution in [-0.2, 0) is 16.0 Å². The van der Waals surface area contributed by atoms with Crippen LogP contribution in [0.15, 0.2) is 24.3 Å². The molecule has 1 heterocycles. The highest BCUT2D eigenvalue weighted by molar-refractivity contribution is 5.91. The van der Waals surface area contributed by atoms with Gasteiger partial charge in [-0.15, -0.1) is 0 Å². The molecule has 0 spiro atoms. The Morgan fingerprint density at radius 3 is 2.76 bits per heavy atom. The van der Waals surface area contributed by atoms with Crippen molar-refractivity contribution >= 4 is 23.7 Å². The highest BCUT2D eigenvalue weighted by atomic mass is 16.5. The van der Waals surface area contributed by atoms with Crippen molar-refractivity contribution in [3.63, 3.8) is 0 Å². The third-order valence-electron chi connectivity index (χ3n) is 4.08. The van der Waals surface area contributed by atoms with Crippen molar-refractivity contribution in [2.24, 2.45) is 0 Å². The van der Waals surface area contributed by atoms with E-state index >= 15 is 0 Å². The largest absolute Gasteiger partial charge is 0.453 e. The number of nitrogens with one attached hydrogen (secondary N) is 3. The second-order valence-corrected chi connectivity index (χ2v) is 5.86. The molecule has 1 aliphatic heterocycles. The summed E-state index contributed by atoms with van der Waals surface area (Å²) in [5, 5.41) is 8.22. The fourth-order valence-electron chi connectivity index (χ4n) is 2.79. The molecule has 0 saturated carbocycles. The lowest BCUT2D eigenvalue weighted by atomic mass is 10.1. The predicted molar refractivity (Wildman–Crippen MR) is 93.4 cm³/mol. The number of carbonyl (C=O) groups is 3. The standard InChI is InChI=1S/C17H24N4O4/c1-18-15(22)10-12-6-3-4-8-14(12)20-16(23)19-13-7-5-9-21(11-13)17(24)25-2/h3-4,6,8,13H,5,7,9-11H2,1-2H3,(H,18,22)(H2,19,20,23). The number of anilines is 1. The predicted octanol–water partition coefficient (Wildman–Crippen LogP) is 1.33. The van der Waals surface area contributed by atoms with Crippen molar-refractivity contribution in [3.05, 3.63) is 29.8 Å².